The standard InChI is InChI=1S/C8H14.C7H12/c1-2-4-8-6-5-7(8)3-1;1-2-6-4-5-7(6)3-1/h7-8H,1-6H2;6-7H,1-5H2. The highest BCUT2D eigenvalue weighted by Crippen LogP contribution is 2.46. The van der Waals surface area contributed by atoms with Crippen molar-refractivity contribution < 1.29 is 0 Å². The van der Waals surface area contributed by atoms with Crippen LogP contribution in [0.5, 0.6) is 0 Å². The molecule has 4 saturated carbocycles. The Labute approximate surface area is 94.8 Å². The number of hydrogen-bond donors (Lipinski definition) is 0. The summed E-state index contributed by atoms with van der Waals surface area (Å²) in [5, 5.41) is 0. The predicted octanol–water partition coefficient (Wildman–Crippen LogP) is 4.78. The Morgan fingerprint density at radius 2 is 0.667 bits per heavy atom. The van der Waals surface area contributed by atoms with E-state index in [0.29, 0.717) is 0 Å². The van der Waals surface area contributed by atoms with Crippen LogP contribution in [0, 0.1) is 23.7 Å². The lowest BCUT2D eigenvalue weighted by molar-refractivity contribution is 0.115. The first-order valence-corrected chi connectivity index (χ1v) is 7.43. The Kier molecular flexibility index (Phi) is 3.03. The molecule has 0 aromatic carbocycles. The van der Waals surface area contributed by atoms with Gasteiger partial charge in [-0.1, -0.05) is 44.9 Å². The predicted molar refractivity (Wildman–Crippen MR) is 64.7 cm³/mol. The second kappa shape index (κ2) is 4.47. The summed E-state index contributed by atoms with van der Waals surface area (Å²) in [6.45, 7) is 0. The number of hydrogen-bond acceptors (Lipinski definition) is 0. The Balaban J connectivity index is 0.0000000971. The summed E-state index contributed by atoms with van der Waals surface area (Å²) >= 11 is 0. The molecule has 4 aliphatic carbocycles. The normalized spacial score (nSPS) is 46.4. The van der Waals surface area contributed by atoms with Crippen molar-refractivity contribution in [2.24, 2.45) is 23.7 Å². The third kappa shape index (κ3) is 2.10. The van der Waals surface area contributed by atoms with Gasteiger partial charge in [-0.2, -0.15) is 0 Å². The van der Waals surface area contributed by atoms with Gasteiger partial charge >= 0.3 is 0 Å². The van der Waals surface area contributed by atoms with Gasteiger partial charge in [0.05, 0.1) is 0 Å². The Morgan fingerprint density at radius 3 is 0.933 bits per heavy atom. The fourth-order valence-corrected chi connectivity index (χ4v) is 4.25. The minimum Gasteiger partial charge on any atom is -0.0530 e. The molecule has 0 aliphatic heterocycles. The highest BCUT2D eigenvalue weighted by Gasteiger charge is 2.34. The summed E-state index contributed by atoms with van der Waals surface area (Å²) in [6, 6.07) is 0. The summed E-state index contributed by atoms with van der Waals surface area (Å²) in [7, 11) is 0. The first kappa shape index (κ1) is 10.2. The second-order valence-corrected chi connectivity index (χ2v) is 6.41. The van der Waals surface area contributed by atoms with Crippen LogP contribution in [-0.2, 0) is 0 Å². The topological polar surface area (TPSA) is 0 Å². The minimum atomic E-state index is 1.18. The molecule has 15 heavy (non-hydrogen) atoms. The van der Waals surface area contributed by atoms with Crippen LogP contribution >= 0.6 is 0 Å². The van der Waals surface area contributed by atoms with Crippen LogP contribution in [-0.4, -0.2) is 0 Å². The molecule has 4 atom stereocenters. The molecule has 0 aromatic heterocycles. The third-order valence-electron chi connectivity index (χ3n) is 5.70. The molecule has 0 radical (unpaired) electrons. The van der Waals surface area contributed by atoms with Crippen LogP contribution in [0.3, 0.4) is 0 Å². The first-order valence-electron chi connectivity index (χ1n) is 7.43. The highest BCUT2D eigenvalue weighted by atomic mass is 14.4. The van der Waals surface area contributed by atoms with Gasteiger partial charge in [0.2, 0.25) is 0 Å². The highest BCUT2D eigenvalue weighted by molar-refractivity contribution is 4.85. The lowest BCUT2D eigenvalue weighted by atomic mass is 9.66. The van der Waals surface area contributed by atoms with Crippen LogP contribution in [0.25, 0.3) is 0 Å². The van der Waals surface area contributed by atoms with E-state index in [1.165, 1.54) is 42.9 Å². The molecule has 0 heteroatoms. The van der Waals surface area contributed by atoms with E-state index in [0.717, 1.165) is 0 Å². The second-order valence-electron chi connectivity index (χ2n) is 6.41. The maximum atomic E-state index is 1.56. The van der Waals surface area contributed by atoms with Crippen molar-refractivity contribution in [2.45, 2.75) is 70.6 Å². The molecule has 0 amide bonds. The van der Waals surface area contributed by atoms with Gasteiger partial charge < -0.3 is 0 Å². The van der Waals surface area contributed by atoms with Crippen molar-refractivity contribution in [1.82, 2.24) is 0 Å². The van der Waals surface area contributed by atoms with Crippen molar-refractivity contribution in [3.8, 4) is 0 Å². The fraction of sp³-hybridized carbons (Fsp3) is 1.00. The molecule has 0 aromatic rings. The van der Waals surface area contributed by atoms with Crippen LogP contribution in [0.4, 0.5) is 0 Å². The van der Waals surface area contributed by atoms with Crippen molar-refractivity contribution in [1.29, 1.82) is 0 Å². The van der Waals surface area contributed by atoms with E-state index in [4.69, 9.17) is 0 Å². The molecule has 4 rings (SSSR count). The van der Waals surface area contributed by atoms with E-state index >= 15 is 0 Å². The van der Waals surface area contributed by atoms with Crippen molar-refractivity contribution >= 4 is 0 Å². The maximum absolute atomic E-state index is 1.56. The smallest absolute Gasteiger partial charge is 0.0386 e. The van der Waals surface area contributed by atoms with Crippen molar-refractivity contribution in [3.63, 3.8) is 0 Å². The van der Waals surface area contributed by atoms with E-state index in [1.54, 1.807) is 51.4 Å². The van der Waals surface area contributed by atoms with Gasteiger partial charge in [-0.05, 0) is 49.4 Å². The molecule has 86 valence electrons. The molecule has 4 unspecified atom stereocenters. The average Bonchev–Trinajstić information content (AvgIpc) is 2.49. The van der Waals surface area contributed by atoms with E-state index in [9.17, 15) is 0 Å². The van der Waals surface area contributed by atoms with Crippen LogP contribution in [0.2, 0.25) is 0 Å². The van der Waals surface area contributed by atoms with E-state index in [2.05, 4.69) is 0 Å². The zero-order valence-electron chi connectivity index (χ0n) is 10.1. The van der Waals surface area contributed by atoms with Gasteiger partial charge in [0.1, 0.15) is 0 Å². The van der Waals surface area contributed by atoms with E-state index in [-0.39, 0.29) is 0 Å². The lowest BCUT2D eigenvalue weighted by Crippen LogP contribution is -2.28. The third-order valence-corrected chi connectivity index (χ3v) is 5.70. The number of rotatable bonds is 0. The molecule has 4 fully saturated rings. The van der Waals surface area contributed by atoms with Gasteiger partial charge in [0.15, 0.2) is 0 Å². The van der Waals surface area contributed by atoms with Crippen LogP contribution in [0.15, 0.2) is 0 Å². The van der Waals surface area contributed by atoms with Gasteiger partial charge in [0, 0.05) is 0 Å². The molecule has 0 saturated heterocycles. The van der Waals surface area contributed by atoms with E-state index in [1.807, 2.05) is 0 Å². The molecular formula is C15H26. The average molecular weight is 206 g/mol. The summed E-state index contributed by atoms with van der Waals surface area (Å²) < 4.78 is 0. The van der Waals surface area contributed by atoms with Gasteiger partial charge in [0.25, 0.3) is 0 Å². The largest absolute Gasteiger partial charge is 0.0530 e. The Bertz CT molecular complexity index is 186. The number of fused-ring (bicyclic) bond motifs is 2. The zero-order valence-corrected chi connectivity index (χ0v) is 10.1. The van der Waals surface area contributed by atoms with Crippen LogP contribution < -0.4 is 0 Å². The van der Waals surface area contributed by atoms with Gasteiger partial charge in [-0.3, -0.25) is 0 Å². The minimum absolute atomic E-state index is 1.18. The summed E-state index contributed by atoms with van der Waals surface area (Å²) in [4.78, 5) is 0. The molecule has 0 bridgehead atoms. The molecule has 0 spiro atoms. The Morgan fingerprint density at radius 1 is 0.333 bits per heavy atom. The lowest BCUT2D eigenvalue weighted by Gasteiger charge is -2.40. The molecule has 0 N–H and O–H groups in total. The first-order chi connectivity index (χ1) is 7.43. The maximum Gasteiger partial charge on any atom is -0.0386 e. The van der Waals surface area contributed by atoms with Crippen molar-refractivity contribution in [2.75, 3.05) is 0 Å². The van der Waals surface area contributed by atoms with Gasteiger partial charge in [-0.15, -0.1) is 0 Å². The zero-order chi connectivity index (χ0) is 10.1. The van der Waals surface area contributed by atoms with E-state index < -0.39 is 0 Å². The molecule has 0 nitrogen and oxygen atoms in total. The van der Waals surface area contributed by atoms with Crippen molar-refractivity contribution in [3.05, 3.63) is 0 Å². The monoisotopic (exact) mass is 206 g/mol. The Hall–Kier alpha value is 0. The summed E-state index contributed by atoms with van der Waals surface area (Å²) in [5.41, 5.74) is 0. The summed E-state index contributed by atoms with van der Waals surface area (Å²) in [6.07, 6.45) is 17.1. The fourth-order valence-electron chi connectivity index (χ4n) is 4.25. The summed E-state index contributed by atoms with van der Waals surface area (Å²) in [5.74, 6) is 4.76. The molecular weight excluding hydrogens is 180 g/mol. The molecule has 0 heterocycles. The van der Waals surface area contributed by atoms with Crippen LogP contribution in [0.1, 0.15) is 70.6 Å². The van der Waals surface area contributed by atoms with Gasteiger partial charge in [-0.25, -0.2) is 0 Å². The SMILES string of the molecule is C1CC2CCC2C1.C1CCC2CCC2C1. The quantitative estimate of drug-likeness (QED) is 0.535. The molecule has 4 aliphatic rings.